The monoisotopic (exact) mass is 180 g/mol. The fraction of sp³-hybridized carbons (Fsp3) is 0.222. The molecule has 0 bridgehead atoms. The van der Waals surface area contributed by atoms with Crippen LogP contribution in [0.15, 0.2) is 23.2 Å². The van der Waals surface area contributed by atoms with E-state index in [4.69, 9.17) is 15.2 Å². The van der Waals surface area contributed by atoms with Crippen molar-refractivity contribution in [1.82, 2.24) is 0 Å². The SMILES string of the molecule is COc1cc(N=CN)cc(OC)c1. The second-order valence-electron chi connectivity index (χ2n) is 2.35. The van der Waals surface area contributed by atoms with E-state index >= 15 is 0 Å². The number of methoxy groups -OCH3 is 2. The summed E-state index contributed by atoms with van der Waals surface area (Å²) in [6.07, 6.45) is 1.23. The molecular weight excluding hydrogens is 168 g/mol. The van der Waals surface area contributed by atoms with Gasteiger partial charge in [0.05, 0.1) is 26.2 Å². The number of hydrogen-bond acceptors (Lipinski definition) is 3. The smallest absolute Gasteiger partial charge is 0.124 e. The zero-order valence-corrected chi connectivity index (χ0v) is 7.65. The molecule has 0 aromatic heterocycles. The molecule has 0 aliphatic heterocycles. The summed E-state index contributed by atoms with van der Waals surface area (Å²) < 4.78 is 10.1. The van der Waals surface area contributed by atoms with E-state index in [-0.39, 0.29) is 0 Å². The zero-order chi connectivity index (χ0) is 9.68. The molecule has 1 aromatic carbocycles. The van der Waals surface area contributed by atoms with Crippen LogP contribution in [0.5, 0.6) is 11.5 Å². The Morgan fingerprint density at radius 2 is 1.69 bits per heavy atom. The third kappa shape index (κ3) is 2.37. The normalized spacial score (nSPS) is 10.3. The second-order valence-corrected chi connectivity index (χ2v) is 2.35. The van der Waals surface area contributed by atoms with Crippen LogP contribution in [0.1, 0.15) is 0 Å². The van der Waals surface area contributed by atoms with Gasteiger partial charge in [-0.05, 0) is 0 Å². The maximum absolute atomic E-state index is 5.17. The standard InChI is InChI=1S/C9H12N2O2/c1-12-8-3-7(11-6-10)4-9(5-8)13-2/h3-6H,1-2H3,(H2,10,11). The Morgan fingerprint density at radius 3 is 2.08 bits per heavy atom. The molecule has 0 amide bonds. The van der Waals surface area contributed by atoms with Crippen LogP contribution in [0, 0.1) is 0 Å². The highest BCUT2D eigenvalue weighted by Crippen LogP contribution is 2.27. The van der Waals surface area contributed by atoms with Crippen molar-refractivity contribution >= 4 is 12.0 Å². The van der Waals surface area contributed by atoms with Crippen molar-refractivity contribution in [2.45, 2.75) is 0 Å². The Hall–Kier alpha value is -1.71. The van der Waals surface area contributed by atoms with Crippen LogP contribution in [0.2, 0.25) is 0 Å². The van der Waals surface area contributed by atoms with Gasteiger partial charge in [0.2, 0.25) is 0 Å². The number of nitrogens with zero attached hydrogens (tertiary/aromatic N) is 1. The topological polar surface area (TPSA) is 56.8 Å². The lowest BCUT2D eigenvalue weighted by Crippen LogP contribution is -1.89. The Morgan fingerprint density at radius 1 is 1.15 bits per heavy atom. The highest BCUT2D eigenvalue weighted by molar-refractivity contribution is 5.61. The average Bonchev–Trinajstić information content (AvgIpc) is 2.17. The van der Waals surface area contributed by atoms with Gasteiger partial charge in [-0.1, -0.05) is 0 Å². The first kappa shape index (κ1) is 9.38. The van der Waals surface area contributed by atoms with Gasteiger partial charge in [0.1, 0.15) is 11.5 Å². The van der Waals surface area contributed by atoms with Gasteiger partial charge in [0.15, 0.2) is 0 Å². The highest BCUT2D eigenvalue weighted by Gasteiger charge is 1.99. The van der Waals surface area contributed by atoms with E-state index in [1.165, 1.54) is 6.34 Å². The molecule has 0 radical (unpaired) electrons. The van der Waals surface area contributed by atoms with Gasteiger partial charge in [0, 0.05) is 18.2 Å². The molecule has 2 N–H and O–H groups in total. The van der Waals surface area contributed by atoms with E-state index in [0.717, 1.165) is 0 Å². The molecule has 0 atom stereocenters. The van der Waals surface area contributed by atoms with Crippen molar-refractivity contribution in [3.8, 4) is 11.5 Å². The average molecular weight is 180 g/mol. The first-order chi connectivity index (χ1) is 6.30. The van der Waals surface area contributed by atoms with Gasteiger partial charge >= 0.3 is 0 Å². The van der Waals surface area contributed by atoms with Crippen LogP contribution < -0.4 is 15.2 Å². The minimum atomic E-state index is 0.694. The molecule has 0 fully saturated rings. The Balaban J connectivity index is 3.07. The van der Waals surface area contributed by atoms with Gasteiger partial charge < -0.3 is 15.2 Å². The van der Waals surface area contributed by atoms with E-state index in [1.807, 2.05) is 0 Å². The molecule has 4 heteroatoms. The lowest BCUT2D eigenvalue weighted by Gasteiger charge is -2.04. The predicted molar refractivity (Wildman–Crippen MR) is 51.9 cm³/mol. The Bertz CT molecular complexity index is 288. The van der Waals surface area contributed by atoms with Crippen molar-refractivity contribution in [3.05, 3.63) is 18.2 Å². The lowest BCUT2D eigenvalue weighted by molar-refractivity contribution is 0.394. The van der Waals surface area contributed by atoms with E-state index in [1.54, 1.807) is 32.4 Å². The molecule has 13 heavy (non-hydrogen) atoms. The van der Waals surface area contributed by atoms with Crippen molar-refractivity contribution in [3.63, 3.8) is 0 Å². The second kappa shape index (κ2) is 4.35. The van der Waals surface area contributed by atoms with Crippen LogP contribution in [-0.2, 0) is 0 Å². The number of nitrogens with two attached hydrogens (primary N) is 1. The Kier molecular flexibility index (Phi) is 3.14. The molecule has 0 saturated heterocycles. The molecule has 4 nitrogen and oxygen atoms in total. The largest absolute Gasteiger partial charge is 0.497 e. The molecule has 0 saturated carbocycles. The Labute approximate surface area is 77.0 Å². The van der Waals surface area contributed by atoms with Gasteiger partial charge in [-0.3, -0.25) is 0 Å². The molecule has 0 unspecified atom stereocenters. The number of rotatable bonds is 3. The molecule has 0 aliphatic carbocycles. The molecule has 0 spiro atoms. The summed E-state index contributed by atoms with van der Waals surface area (Å²) in [7, 11) is 3.18. The maximum Gasteiger partial charge on any atom is 0.124 e. The lowest BCUT2D eigenvalue weighted by atomic mass is 10.3. The maximum atomic E-state index is 5.17. The predicted octanol–water partition coefficient (Wildman–Crippen LogP) is 1.32. The quantitative estimate of drug-likeness (QED) is 0.563. The fourth-order valence-corrected chi connectivity index (χ4v) is 0.953. The van der Waals surface area contributed by atoms with E-state index in [0.29, 0.717) is 17.2 Å². The van der Waals surface area contributed by atoms with Crippen molar-refractivity contribution in [2.75, 3.05) is 14.2 Å². The first-order valence-electron chi connectivity index (χ1n) is 3.77. The molecule has 1 aromatic rings. The van der Waals surface area contributed by atoms with Crippen LogP contribution >= 0.6 is 0 Å². The highest BCUT2D eigenvalue weighted by atomic mass is 16.5. The van der Waals surface area contributed by atoms with Gasteiger partial charge in [-0.25, -0.2) is 4.99 Å². The van der Waals surface area contributed by atoms with E-state index < -0.39 is 0 Å². The van der Waals surface area contributed by atoms with Crippen LogP contribution in [0.4, 0.5) is 5.69 Å². The zero-order valence-electron chi connectivity index (χ0n) is 7.65. The van der Waals surface area contributed by atoms with E-state index in [9.17, 15) is 0 Å². The fourth-order valence-electron chi connectivity index (χ4n) is 0.953. The number of ether oxygens (including phenoxy) is 2. The van der Waals surface area contributed by atoms with Crippen LogP contribution in [0.25, 0.3) is 0 Å². The summed E-state index contributed by atoms with van der Waals surface area (Å²) in [6.45, 7) is 0. The van der Waals surface area contributed by atoms with Crippen molar-refractivity contribution < 1.29 is 9.47 Å². The van der Waals surface area contributed by atoms with Crippen LogP contribution in [0.3, 0.4) is 0 Å². The summed E-state index contributed by atoms with van der Waals surface area (Å²) in [6, 6.07) is 5.31. The van der Waals surface area contributed by atoms with E-state index in [2.05, 4.69) is 4.99 Å². The third-order valence-corrected chi connectivity index (χ3v) is 1.56. The first-order valence-corrected chi connectivity index (χ1v) is 3.77. The molecule has 1 rings (SSSR count). The molecule has 0 heterocycles. The van der Waals surface area contributed by atoms with Gasteiger partial charge in [0.25, 0.3) is 0 Å². The number of benzene rings is 1. The van der Waals surface area contributed by atoms with Crippen molar-refractivity contribution in [1.29, 1.82) is 0 Å². The summed E-state index contributed by atoms with van der Waals surface area (Å²) in [5, 5.41) is 0. The third-order valence-electron chi connectivity index (χ3n) is 1.56. The minimum absolute atomic E-state index is 0.694. The van der Waals surface area contributed by atoms with Crippen LogP contribution in [-0.4, -0.2) is 20.6 Å². The molecule has 70 valence electrons. The number of aliphatic imine (C=N–C) groups is 1. The van der Waals surface area contributed by atoms with Crippen molar-refractivity contribution in [2.24, 2.45) is 10.7 Å². The molecular formula is C9H12N2O2. The van der Waals surface area contributed by atoms with Gasteiger partial charge in [-0.2, -0.15) is 0 Å². The molecule has 0 aliphatic rings. The summed E-state index contributed by atoms with van der Waals surface area (Å²) in [4.78, 5) is 3.92. The summed E-state index contributed by atoms with van der Waals surface area (Å²) in [5.41, 5.74) is 5.88. The summed E-state index contributed by atoms with van der Waals surface area (Å²) in [5.74, 6) is 1.39. The van der Waals surface area contributed by atoms with Gasteiger partial charge in [-0.15, -0.1) is 0 Å². The minimum Gasteiger partial charge on any atom is -0.497 e. The summed E-state index contributed by atoms with van der Waals surface area (Å²) >= 11 is 0. The number of hydrogen-bond donors (Lipinski definition) is 1.